The monoisotopic (exact) mass is 402 g/mol. The van der Waals surface area contributed by atoms with Gasteiger partial charge in [-0.2, -0.15) is 5.10 Å². The molecule has 1 aliphatic carbocycles. The third-order valence-electron chi connectivity index (χ3n) is 6.78. The zero-order chi connectivity index (χ0) is 20.4. The van der Waals surface area contributed by atoms with E-state index in [1.54, 1.807) is 6.20 Å². The number of rotatable bonds is 3. The van der Waals surface area contributed by atoms with Crippen LogP contribution in [-0.4, -0.2) is 70.2 Å². The van der Waals surface area contributed by atoms with Gasteiger partial charge in [-0.15, -0.1) is 0 Å². The van der Waals surface area contributed by atoms with E-state index >= 15 is 0 Å². The first-order chi connectivity index (χ1) is 14.0. The summed E-state index contributed by atoms with van der Waals surface area (Å²) in [7, 11) is 0. The number of nitrogens with one attached hydrogen (secondary N) is 1. The van der Waals surface area contributed by atoms with E-state index in [4.69, 9.17) is 4.74 Å². The van der Waals surface area contributed by atoms with E-state index in [-0.39, 0.29) is 30.0 Å². The molecule has 0 bridgehead atoms. The topological polar surface area (TPSA) is 78.5 Å². The van der Waals surface area contributed by atoms with E-state index in [9.17, 15) is 9.59 Å². The molecule has 29 heavy (non-hydrogen) atoms. The summed E-state index contributed by atoms with van der Waals surface area (Å²) in [5.41, 5.74) is 1.62. The molecular weight excluding hydrogens is 368 g/mol. The normalized spacial score (nSPS) is 27.2. The van der Waals surface area contributed by atoms with E-state index in [0.29, 0.717) is 24.6 Å². The number of hydrogen-bond donors (Lipinski definition) is 1. The number of morpholine rings is 1. The molecular formula is C22H34N4O3. The van der Waals surface area contributed by atoms with E-state index in [1.807, 2.05) is 18.7 Å². The van der Waals surface area contributed by atoms with Crippen molar-refractivity contribution in [3.8, 4) is 0 Å². The Morgan fingerprint density at radius 3 is 2.31 bits per heavy atom. The lowest BCUT2D eigenvalue weighted by molar-refractivity contribution is -0.137. The van der Waals surface area contributed by atoms with E-state index in [0.717, 1.165) is 44.5 Å². The molecule has 2 amide bonds. The van der Waals surface area contributed by atoms with E-state index in [2.05, 4.69) is 15.1 Å². The van der Waals surface area contributed by atoms with Gasteiger partial charge >= 0.3 is 0 Å². The molecule has 7 nitrogen and oxygen atoms in total. The van der Waals surface area contributed by atoms with Crippen LogP contribution in [0.4, 0.5) is 0 Å². The second-order valence-electron chi connectivity index (χ2n) is 9.10. The molecule has 2 saturated heterocycles. The Bertz CT molecular complexity index is 709. The van der Waals surface area contributed by atoms with Crippen LogP contribution in [0.1, 0.15) is 80.8 Å². The van der Waals surface area contributed by atoms with Crippen molar-refractivity contribution in [2.24, 2.45) is 5.92 Å². The number of hydrogen-bond acceptors (Lipinski definition) is 4. The molecule has 2 unspecified atom stereocenters. The van der Waals surface area contributed by atoms with Crippen LogP contribution in [0.5, 0.6) is 0 Å². The standard InChI is InChI=1S/C22H34N4O3/c1-15-13-26(14-16(2)29-15)22(28)19-12-23-24-20(19)17-8-10-25(11-9-17)21(27)18-6-4-3-5-7-18/h12,15-18H,3-11,13-14H2,1-2H3,(H,23,24). The van der Waals surface area contributed by atoms with Crippen molar-refractivity contribution in [2.45, 2.75) is 76.9 Å². The molecule has 2 aliphatic heterocycles. The van der Waals surface area contributed by atoms with E-state index < -0.39 is 0 Å². The predicted molar refractivity (Wildman–Crippen MR) is 110 cm³/mol. The van der Waals surface area contributed by atoms with Crippen LogP contribution in [0, 0.1) is 5.92 Å². The lowest BCUT2D eigenvalue weighted by Crippen LogP contribution is -2.48. The van der Waals surface area contributed by atoms with Gasteiger partial charge < -0.3 is 14.5 Å². The average Bonchev–Trinajstić information content (AvgIpc) is 3.22. The van der Waals surface area contributed by atoms with Crippen LogP contribution in [0.15, 0.2) is 6.20 Å². The maximum absolute atomic E-state index is 13.1. The van der Waals surface area contributed by atoms with Crippen LogP contribution >= 0.6 is 0 Å². The maximum Gasteiger partial charge on any atom is 0.257 e. The summed E-state index contributed by atoms with van der Waals surface area (Å²) in [6.07, 6.45) is 9.28. The number of nitrogens with zero attached hydrogens (tertiary/aromatic N) is 3. The number of piperidine rings is 1. The van der Waals surface area contributed by atoms with Crippen LogP contribution in [0.25, 0.3) is 0 Å². The van der Waals surface area contributed by atoms with Crippen molar-refractivity contribution < 1.29 is 14.3 Å². The second-order valence-corrected chi connectivity index (χ2v) is 9.10. The second kappa shape index (κ2) is 8.86. The summed E-state index contributed by atoms with van der Waals surface area (Å²) in [4.78, 5) is 29.9. The minimum atomic E-state index is 0.0384. The van der Waals surface area contributed by atoms with Crippen LogP contribution in [0.3, 0.4) is 0 Å². The largest absolute Gasteiger partial charge is 0.372 e. The SMILES string of the molecule is CC1CN(C(=O)c2cn[nH]c2C2CCN(C(=O)C3CCCCC3)CC2)CC(C)O1. The molecule has 160 valence electrons. The highest BCUT2D eigenvalue weighted by Crippen LogP contribution is 2.32. The quantitative estimate of drug-likeness (QED) is 0.843. The van der Waals surface area contributed by atoms with Crippen molar-refractivity contribution >= 4 is 11.8 Å². The fourth-order valence-corrected chi connectivity index (χ4v) is 5.29. The smallest absolute Gasteiger partial charge is 0.257 e. The molecule has 3 heterocycles. The van der Waals surface area contributed by atoms with E-state index in [1.165, 1.54) is 19.3 Å². The van der Waals surface area contributed by atoms with Gasteiger partial charge in [-0.05, 0) is 39.5 Å². The predicted octanol–water partition coefficient (Wildman–Crippen LogP) is 2.95. The van der Waals surface area contributed by atoms with Crippen molar-refractivity contribution in [3.05, 3.63) is 17.5 Å². The summed E-state index contributed by atoms with van der Waals surface area (Å²) in [5.74, 6) is 0.870. The molecule has 1 saturated carbocycles. The van der Waals surface area contributed by atoms with Gasteiger partial charge in [0, 0.05) is 38.0 Å². The van der Waals surface area contributed by atoms with Gasteiger partial charge in [0.2, 0.25) is 5.91 Å². The minimum Gasteiger partial charge on any atom is -0.372 e. The molecule has 7 heteroatoms. The van der Waals surface area contributed by atoms with Crippen molar-refractivity contribution in [1.29, 1.82) is 0 Å². The number of amides is 2. The molecule has 1 aromatic rings. The fourth-order valence-electron chi connectivity index (χ4n) is 5.29. The molecule has 0 radical (unpaired) electrons. The van der Waals surface area contributed by atoms with Gasteiger partial charge in [0.25, 0.3) is 5.91 Å². The van der Waals surface area contributed by atoms with Gasteiger partial charge in [0.05, 0.1) is 29.7 Å². The molecule has 3 aliphatic rings. The van der Waals surface area contributed by atoms with Crippen molar-refractivity contribution in [3.63, 3.8) is 0 Å². The lowest BCUT2D eigenvalue weighted by atomic mass is 9.86. The summed E-state index contributed by atoms with van der Waals surface area (Å²) in [6, 6.07) is 0. The Morgan fingerprint density at radius 1 is 1.00 bits per heavy atom. The Morgan fingerprint density at radius 2 is 1.66 bits per heavy atom. The number of likely N-dealkylation sites (tertiary alicyclic amines) is 1. The molecule has 1 N–H and O–H groups in total. The number of aromatic nitrogens is 2. The summed E-state index contributed by atoms with van der Waals surface area (Å²) >= 11 is 0. The Labute approximate surface area is 173 Å². The molecule has 4 rings (SSSR count). The highest BCUT2D eigenvalue weighted by Gasteiger charge is 2.33. The Balaban J connectivity index is 1.38. The number of carbonyl (C=O) groups excluding carboxylic acids is 2. The highest BCUT2D eigenvalue weighted by molar-refractivity contribution is 5.95. The van der Waals surface area contributed by atoms with Crippen LogP contribution in [0.2, 0.25) is 0 Å². The Kier molecular flexibility index (Phi) is 6.23. The number of aromatic amines is 1. The zero-order valence-electron chi connectivity index (χ0n) is 17.7. The van der Waals surface area contributed by atoms with Crippen LogP contribution < -0.4 is 0 Å². The molecule has 0 aromatic carbocycles. The van der Waals surface area contributed by atoms with Gasteiger partial charge in [-0.25, -0.2) is 0 Å². The first-order valence-corrected chi connectivity index (χ1v) is 11.3. The number of H-pyrrole nitrogens is 1. The van der Waals surface area contributed by atoms with Gasteiger partial charge in [-0.1, -0.05) is 19.3 Å². The third-order valence-corrected chi connectivity index (χ3v) is 6.78. The van der Waals surface area contributed by atoms with Crippen molar-refractivity contribution in [2.75, 3.05) is 26.2 Å². The highest BCUT2D eigenvalue weighted by atomic mass is 16.5. The molecule has 3 fully saturated rings. The molecule has 2 atom stereocenters. The maximum atomic E-state index is 13.1. The lowest BCUT2D eigenvalue weighted by Gasteiger charge is -2.36. The third kappa shape index (κ3) is 4.49. The molecule has 0 spiro atoms. The minimum absolute atomic E-state index is 0.0384. The first-order valence-electron chi connectivity index (χ1n) is 11.3. The summed E-state index contributed by atoms with van der Waals surface area (Å²) in [5, 5.41) is 7.29. The summed E-state index contributed by atoms with van der Waals surface area (Å²) in [6.45, 7) is 6.79. The molecule has 1 aromatic heterocycles. The number of ether oxygens (including phenoxy) is 1. The fraction of sp³-hybridized carbons (Fsp3) is 0.773. The first kappa shape index (κ1) is 20.4. The number of carbonyl (C=O) groups is 2. The van der Waals surface area contributed by atoms with Gasteiger partial charge in [-0.3, -0.25) is 14.7 Å². The Hall–Kier alpha value is -1.89. The average molecular weight is 403 g/mol. The van der Waals surface area contributed by atoms with Crippen LogP contribution in [-0.2, 0) is 9.53 Å². The van der Waals surface area contributed by atoms with Gasteiger partial charge in [0.1, 0.15) is 0 Å². The van der Waals surface area contributed by atoms with Crippen molar-refractivity contribution in [1.82, 2.24) is 20.0 Å². The summed E-state index contributed by atoms with van der Waals surface area (Å²) < 4.78 is 5.76. The van der Waals surface area contributed by atoms with Gasteiger partial charge in [0.15, 0.2) is 0 Å². The zero-order valence-corrected chi connectivity index (χ0v) is 17.7.